The van der Waals surface area contributed by atoms with Crippen LogP contribution in [-0.2, 0) is 7.05 Å². The maximum absolute atomic E-state index is 3.41. The first kappa shape index (κ1) is 36.3. The molecule has 0 spiro atoms. The van der Waals surface area contributed by atoms with Gasteiger partial charge in [-0.3, -0.25) is 0 Å². The summed E-state index contributed by atoms with van der Waals surface area (Å²) in [5.41, 5.74) is 1.55. The van der Waals surface area contributed by atoms with Crippen LogP contribution in [0.3, 0.4) is 0 Å². The van der Waals surface area contributed by atoms with Gasteiger partial charge >= 0.3 is 0 Å². The van der Waals surface area contributed by atoms with Gasteiger partial charge in [-0.2, -0.15) is 0 Å². The number of aryl methyl sites for hydroxylation is 1. The van der Waals surface area contributed by atoms with Gasteiger partial charge in [0.1, 0.15) is 7.05 Å². The van der Waals surface area contributed by atoms with Crippen molar-refractivity contribution in [2.75, 3.05) is 0 Å². The molecule has 0 N–H and O–H groups in total. The van der Waals surface area contributed by atoms with E-state index in [1.165, 1.54) is 141 Å². The molecule has 0 saturated carbocycles. The molecule has 0 unspecified atom stereocenters. The van der Waals surface area contributed by atoms with Gasteiger partial charge in [-0.15, -0.1) is 23.7 Å². The quantitative estimate of drug-likeness (QED) is 0.0650. The second-order valence-corrected chi connectivity index (χ2v) is 12.1. The van der Waals surface area contributed by atoms with Crippen molar-refractivity contribution in [3.63, 3.8) is 0 Å². The van der Waals surface area contributed by atoms with Crippen LogP contribution in [-0.4, -0.2) is 0 Å². The Morgan fingerprint density at radius 1 is 0.475 bits per heavy atom. The largest absolute Gasteiger partial charge is 0.208 e. The minimum Gasteiger partial charge on any atom is -0.208 e. The molecule has 1 rings (SSSR count). The van der Waals surface area contributed by atoms with Crippen LogP contribution in [0.2, 0.25) is 0 Å². The molecular weight excluding hydrogens is 482 g/mol. The molecule has 0 atom stereocenters. The van der Waals surface area contributed by atoms with Crippen LogP contribution in [0.1, 0.15) is 192 Å². The Bertz CT molecular complexity index is 738. The van der Waals surface area contributed by atoms with Gasteiger partial charge in [0.15, 0.2) is 12.4 Å². The van der Waals surface area contributed by atoms with E-state index in [0.717, 1.165) is 31.6 Å². The van der Waals surface area contributed by atoms with Crippen LogP contribution in [0.15, 0.2) is 24.5 Å². The maximum atomic E-state index is 3.41. The van der Waals surface area contributed by atoms with E-state index >= 15 is 0 Å². The van der Waals surface area contributed by atoms with Gasteiger partial charge < -0.3 is 0 Å². The highest BCUT2D eigenvalue weighted by molar-refractivity contribution is 5.13. The molecule has 0 amide bonds. The summed E-state index contributed by atoms with van der Waals surface area (Å²) in [6.07, 6.45) is 38.6. The predicted molar refractivity (Wildman–Crippen MR) is 177 cm³/mol. The van der Waals surface area contributed by atoms with Crippen molar-refractivity contribution in [3.8, 4) is 23.7 Å². The topological polar surface area (TPSA) is 3.88 Å². The highest BCUT2D eigenvalue weighted by Crippen LogP contribution is 2.28. The molecule has 0 bridgehead atoms. The molecule has 1 heterocycles. The zero-order valence-electron chi connectivity index (χ0n) is 27.2. The first-order chi connectivity index (χ1) is 19.8. The maximum Gasteiger partial charge on any atom is 0.168 e. The van der Waals surface area contributed by atoms with Gasteiger partial charge in [0.05, 0.1) is 0 Å². The third-order valence-corrected chi connectivity index (χ3v) is 8.25. The first-order valence-electron chi connectivity index (χ1n) is 17.6. The average molecular weight is 549 g/mol. The van der Waals surface area contributed by atoms with Crippen molar-refractivity contribution in [3.05, 3.63) is 30.1 Å². The van der Waals surface area contributed by atoms with Gasteiger partial charge in [0.25, 0.3) is 0 Å². The smallest absolute Gasteiger partial charge is 0.168 e. The average Bonchev–Trinajstić information content (AvgIpc) is 2.97. The van der Waals surface area contributed by atoms with Crippen molar-refractivity contribution in [1.29, 1.82) is 0 Å². The zero-order valence-corrected chi connectivity index (χ0v) is 27.2. The third-order valence-electron chi connectivity index (χ3n) is 8.25. The summed E-state index contributed by atoms with van der Waals surface area (Å²) in [5.74, 6) is 14.3. The Balaban J connectivity index is 2.13. The van der Waals surface area contributed by atoms with E-state index in [-0.39, 0.29) is 0 Å². The van der Waals surface area contributed by atoms with Crippen LogP contribution in [0.4, 0.5) is 0 Å². The van der Waals surface area contributed by atoms with Gasteiger partial charge in [-0.1, -0.05) is 117 Å². The minimum atomic E-state index is 0.729. The lowest BCUT2D eigenvalue weighted by Gasteiger charge is -2.17. The Morgan fingerprint density at radius 2 is 0.800 bits per heavy atom. The summed E-state index contributed by atoms with van der Waals surface area (Å²) in [7, 11) is 2.12. The highest BCUT2D eigenvalue weighted by atomic mass is 14.9. The van der Waals surface area contributed by atoms with Crippen LogP contribution in [0, 0.1) is 23.7 Å². The fourth-order valence-corrected chi connectivity index (χ4v) is 5.52. The molecule has 1 aromatic heterocycles. The number of nitrogens with zero attached hydrogens (tertiary/aromatic N) is 1. The van der Waals surface area contributed by atoms with Crippen LogP contribution < -0.4 is 4.57 Å². The van der Waals surface area contributed by atoms with E-state index in [1.807, 2.05) is 0 Å². The van der Waals surface area contributed by atoms with Crippen molar-refractivity contribution >= 4 is 0 Å². The van der Waals surface area contributed by atoms with E-state index in [1.54, 1.807) is 5.56 Å². The standard InChI is InChI=1S/C39H66N/c1-4-6-8-10-12-14-16-18-20-22-24-26-28-30-32-38(39-34-36-40(3)37-35-39)33-31-29-27-25-23-21-19-17-15-13-11-9-7-5-2/h34-38H,4-15,20-33H2,1-3H3/q+1. The number of pyridine rings is 1. The molecular formula is C39H66N+. The molecule has 40 heavy (non-hydrogen) atoms. The molecule has 0 radical (unpaired) electrons. The number of rotatable bonds is 25. The molecule has 1 heteroatoms. The molecule has 0 aliphatic carbocycles. The lowest BCUT2D eigenvalue weighted by atomic mass is 9.88. The normalized spacial score (nSPS) is 10.8. The van der Waals surface area contributed by atoms with Crippen LogP contribution in [0.25, 0.3) is 0 Å². The van der Waals surface area contributed by atoms with Gasteiger partial charge in [-0.25, -0.2) is 4.57 Å². The monoisotopic (exact) mass is 549 g/mol. The first-order valence-corrected chi connectivity index (χ1v) is 17.6. The number of hydrogen-bond donors (Lipinski definition) is 0. The number of aromatic nitrogens is 1. The molecule has 0 aliphatic heterocycles. The highest BCUT2D eigenvalue weighted by Gasteiger charge is 2.12. The molecule has 0 aliphatic rings. The molecule has 0 fully saturated rings. The van der Waals surface area contributed by atoms with E-state index in [0.29, 0.717) is 0 Å². The second kappa shape index (κ2) is 28.8. The van der Waals surface area contributed by atoms with Gasteiger partial charge in [0, 0.05) is 37.8 Å². The number of hydrogen-bond acceptors (Lipinski definition) is 0. The predicted octanol–water partition coefficient (Wildman–Crippen LogP) is 11.8. The van der Waals surface area contributed by atoms with Crippen molar-refractivity contribution < 1.29 is 4.57 Å². The molecule has 0 aromatic carbocycles. The summed E-state index contributed by atoms with van der Waals surface area (Å²) >= 11 is 0. The van der Waals surface area contributed by atoms with Crippen molar-refractivity contribution in [2.24, 2.45) is 7.05 Å². The molecule has 1 nitrogen and oxygen atoms in total. The summed E-state index contributed by atoms with van der Waals surface area (Å²) in [6, 6.07) is 4.71. The summed E-state index contributed by atoms with van der Waals surface area (Å²) in [5, 5.41) is 0. The van der Waals surface area contributed by atoms with Gasteiger partial charge in [0.2, 0.25) is 0 Å². The van der Waals surface area contributed by atoms with E-state index < -0.39 is 0 Å². The third kappa shape index (κ3) is 23.0. The van der Waals surface area contributed by atoms with Crippen LogP contribution >= 0.6 is 0 Å². The van der Waals surface area contributed by atoms with Crippen LogP contribution in [0.5, 0.6) is 0 Å². The number of unbranched alkanes of at least 4 members (excludes halogenated alkanes) is 20. The molecule has 1 aromatic rings. The molecule has 226 valence electrons. The Morgan fingerprint density at radius 3 is 1.18 bits per heavy atom. The van der Waals surface area contributed by atoms with E-state index in [4.69, 9.17) is 0 Å². The van der Waals surface area contributed by atoms with Gasteiger partial charge in [-0.05, 0) is 50.0 Å². The Labute approximate surface area is 251 Å². The summed E-state index contributed by atoms with van der Waals surface area (Å²) < 4.78 is 2.16. The van der Waals surface area contributed by atoms with E-state index in [2.05, 4.69) is 73.7 Å². The fourth-order valence-electron chi connectivity index (χ4n) is 5.52. The lowest BCUT2D eigenvalue weighted by molar-refractivity contribution is -0.671. The summed E-state index contributed by atoms with van der Waals surface area (Å²) in [6.45, 7) is 4.56. The Hall–Kier alpha value is -1.73. The fraction of sp³-hybridized carbons (Fsp3) is 0.769. The Kier molecular flexibility index (Phi) is 26.1. The second-order valence-electron chi connectivity index (χ2n) is 12.1. The minimum absolute atomic E-state index is 0.729. The SMILES string of the molecule is CCCCCCCC#CCCCCCCCC(CCCCCCCC#CCCCCCCC)c1cc[n+](C)cc1. The van der Waals surface area contributed by atoms with Crippen molar-refractivity contribution in [1.82, 2.24) is 0 Å². The zero-order chi connectivity index (χ0) is 28.8. The summed E-state index contributed by atoms with van der Waals surface area (Å²) in [4.78, 5) is 0. The molecule has 0 saturated heterocycles. The van der Waals surface area contributed by atoms with E-state index in [9.17, 15) is 0 Å². The lowest BCUT2D eigenvalue weighted by Crippen LogP contribution is -2.26. The van der Waals surface area contributed by atoms with Crippen molar-refractivity contribution in [2.45, 2.75) is 187 Å².